The van der Waals surface area contributed by atoms with E-state index in [0.29, 0.717) is 10.7 Å². The number of ether oxygens (including phenoxy) is 1. The number of hydrogen-bond donors (Lipinski definition) is 3. The first kappa shape index (κ1) is 22.3. The van der Waals surface area contributed by atoms with Gasteiger partial charge in [0.05, 0.1) is 6.04 Å². The summed E-state index contributed by atoms with van der Waals surface area (Å²) in [6.45, 7) is 5.04. The van der Waals surface area contributed by atoms with Crippen molar-refractivity contribution in [2.75, 3.05) is 0 Å². The highest BCUT2D eigenvalue weighted by Crippen LogP contribution is 2.21. The van der Waals surface area contributed by atoms with E-state index in [9.17, 15) is 23.6 Å². The largest absolute Gasteiger partial charge is 0.490 e. The van der Waals surface area contributed by atoms with Crippen LogP contribution in [-0.2, 0) is 11.2 Å². The molecular weight excluding hydrogens is 437 g/mol. The Morgan fingerprint density at radius 3 is 2.39 bits per heavy atom. The average Bonchev–Trinajstić information content (AvgIpc) is 2.51. The van der Waals surface area contributed by atoms with Gasteiger partial charge in [-0.25, -0.2) is 18.6 Å². The summed E-state index contributed by atoms with van der Waals surface area (Å²) in [5.41, 5.74) is -0.294. The highest BCUT2D eigenvalue weighted by Gasteiger charge is 2.25. The van der Waals surface area contributed by atoms with Crippen LogP contribution in [0.2, 0.25) is 0 Å². The summed E-state index contributed by atoms with van der Waals surface area (Å²) in [6, 6.07) is 4.92. The van der Waals surface area contributed by atoms with Crippen molar-refractivity contribution in [2.45, 2.75) is 38.8 Å². The zero-order chi connectivity index (χ0) is 21.1. The number of aromatic nitrogens is 1. The standard InChI is InChI=1S/C18H20BBrF2N2O4/c1-18(2,3)28-17(25)24-14(10-6-11(21)8-12(22)7-10)9-15-13(19(26)27)4-5-16(20)23-15/h4-8,14,26-27H,9H2,1-3H3,(H,24,25). The summed E-state index contributed by atoms with van der Waals surface area (Å²) in [5.74, 6) is -1.62. The third-order valence-electron chi connectivity index (χ3n) is 3.63. The van der Waals surface area contributed by atoms with Crippen molar-refractivity contribution in [3.8, 4) is 0 Å². The maximum absolute atomic E-state index is 13.7. The lowest BCUT2D eigenvalue weighted by Crippen LogP contribution is -2.39. The number of alkyl carbamates (subject to hydrolysis) is 1. The number of nitrogens with zero attached hydrogens (tertiary/aromatic N) is 1. The number of carbonyl (C=O) groups excluding carboxylic acids is 1. The second-order valence-corrected chi connectivity index (χ2v) is 7.96. The first-order valence-corrected chi connectivity index (χ1v) is 9.21. The van der Waals surface area contributed by atoms with Crippen LogP contribution in [0.25, 0.3) is 0 Å². The van der Waals surface area contributed by atoms with Crippen LogP contribution in [0.4, 0.5) is 13.6 Å². The fourth-order valence-corrected chi connectivity index (χ4v) is 2.90. The van der Waals surface area contributed by atoms with Crippen molar-refractivity contribution in [1.29, 1.82) is 0 Å². The fraction of sp³-hybridized carbons (Fsp3) is 0.333. The van der Waals surface area contributed by atoms with Crippen molar-refractivity contribution < 1.29 is 28.4 Å². The molecule has 0 saturated heterocycles. The van der Waals surface area contributed by atoms with E-state index >= 15 is 0 Å². The summed E-state index contributed by atoms with van der Waals surface area (Å²) >= 11 is 3.20. The molecule has 0 bridgehead atoms. The lowest BCUT2D eigenvalue weighted by atomic mass is 9.77. The van der Waals surface area contributed by atoms with Crippen LogP contribution in [0.5, 0.6) is 0 Å². The minimum atomic E-state index is -1.80. The molecule has 0 spiro atoms. The molecule has 1 aromatic carbocycles. The number of amides is 1. The van der Waals surface area contributed by atoms with Crippen LogP contribution in [0.3, 0.4) is 0 Å². The Morgan fingerprint density at radius 2 is 1.86 bits per heavy atom. The third kappa shape index (κ3) is 6.54. The summed E-state index contributed by atoms with van der Waals surface area (Å²) in [5, 5.41) is 21.7. The van der Waals surface area contributed by atoms with E-state index in [-0.39, 0.29) is 23.1 Å². The normalized spacial score (nSPS) is 12.4. The van der Waals surface area contributed by atoms with Gasteiger partial charge in [-0.15, -0.1) is 0 Å². The van der Waals surface area contributed by atoms with Crippen LogP contribution < -0.4 is 10.8 Å². The van der Waals surface area contributed by atoms with Gasteiger partial charge in [0.1, 0.15) is 21.8 Å². The fourth-order valence-electron chi connectivity index (χ4n) is 2.56. The number of carbonyl (C=O) groups is 1. The van der Waals surface area contributed by atoms with Gasteiger partial charge < -0.3 is 20.1 Å². The molecule has 1 atom stereocenters. The van der Waals surface area contributed by atoms with Crippen molar-refractivity contribution >= 4 is 34.6 Å². The smallest absolute Gasteiger partial charge is 0.444 e. The van der Waals surface area contributed by atoms with Gasteiger partial charge in [0.15, 0.2) is 0 Å². The predicted octanol–water partition coefficient (Wildman–Crippen LogP) is 2.61. The number of benzene rings is 1. The van der Waals surface area contributed by atoms with E-state index in [1.165, 1.54) is 12.1 Å². The van der Waals surface area contributed by atoms with Crippen LogP contribution >= 0.6 is 15.9 Å². The highest BCUT2D eigenvalue weighted by atomic mass is 79.9. The molecule has 0 aliphatic heterocycles. The maximum Gasteiger partial charge on any atom is 0.490 e. The lowest BCUT2D eigenvalue weighted by Gasteiger charge is -2.24. The Kier molecular flexibility index (Phi) is 7.14. The van der Waals surface area contributed by atoms with Crippen molar-refractivity contribution in [1.82, 2.24) is 10.3 Å². The van der Waals surface area contributed by atoms with Gasteiger partial charge >= 0.3 is 13.2 Å². The molecule has 0 saturated carbocycles. The summed E-state index contributed by atoms with van der Waals surface area (Å²) < 4.78 is 33.1. The zero-order valence-electron chi connectivity index (χ0n) is 15.5. The first-order valence-electron chi connectivity index (χ1n) is 8.41. The molecule has 1 aromatic heterocycles. The minimum absolute atomic E-state index is 0.0610. The monoisotopic (exact) mass is 456 g/mol. The van der Waals surface area contributed by atoms with Crippen molar-refractivity contribution in [3.63, 3.8) is 0 Å². The van der Waals surface area contributed by atoms with E-state index in [4.69, 9.17) is 4.74 Å². The molecule has 1 heterocycles. The number of pyridine rings is 1. The molecule has 0 aliphatic rings. The molecule has 3 N–H and O–H groups in total. The zero-order valence-corrected chi connectivity index (χ0v) is 17.1. The van der Waals surface area contributed by atoms with E-state index in [2.05, 4.69) is 26.2 Å². The molecule has 6 nitrogen and oxygen atoms in total. The van der Waals surface area contributed by atoms with Gasteiger partial charge in [-0.1, -0.05) is 6.07 Å². The Bertz CT molecular complexity index is 842. The Balaban J connectivity index is 2.41. The Morgan fingerprint density at radius 1 is 1.25 bits per heavy atom. The van der Waals surface area contributed by atoms with Crippen LogP contribution in [0.1, 0.15) is 38.1 Å². The van der Waals surface area contributed by atoms with E-state index in [1.54, 1.807) is 20.8 Å². The van der Waals surface area contributed by atoms with E-state index < -0.39 is 36.5 Å². The van der Waals surface area contributed by atoms with Gasteiger partial charge in [0, 0.05) is 23.6 Å². The van der Waals surface area contributed by atoms with E-state index in [1.807, 2.05) is 0 Å². The quantitative estimate of drug-likeness (QED) is 0.475. The summed E-state index contributed by atoms with van der Waals surface area (Å²) in [4.78, 5) is 16.4. The van der Waals surface area contributed by atoms with E-state index in [0.717, 1.165) is 12.1 Å². The van der Waals surface area contributed by atoms with Crippen LogP contribution in [0, 0.1) is 11.6 Å². The molecule has 2 rings (SSSR count). The second-order valence-electron chi connectivity index (χ2n) is 7.15. The number of rotatable bonds is 5. The van der Waals surface area contributed by atoms with Gasteiger partial charge in [-0.05, 0) is 60.5 Å². The molecule has 0 aliphatic carbocycles. The maximum atomic E-state index is 13.7. The van der Waals surface area contributed by atoms with Gasteiger partial charge in [-0.2, -0.15) is 0 Å². The minimum Gasteiger partial charge on any atom is -0.444 e. The number of halogens is 3. The summed E-state index contributed by atoms with van der Waals surface area (Å²) in [7, 11) is -1.80. The second kappa shape index (κ2) is 8.98. The molecule has 1 amide bonds. The van der Waals surface area contributed by atoms with Crippen molar-refractivity contribution in [3.05, 3.63) is 57.8 Å². The first-order chi connectivity index (χ1) is 12.9. The predicted molar refractivity (Wildman–Crippen MR) is 104 cm³/mol. The van der Waals surface area contributed by atoms with Gasteiger partial charge in [-0.3, -0.25) is 0 Å². The number of hydrogen-bond acceptors (Lipinski definition) is 5. The molecular formula is C18H20BBrF2N2O4. The molecule has 2 aromatic rings. The van der Waals surface area contributed by atoms with Crippen LogP contribution in [-0.4, -0.2) is 33.8 Å². The van der Waals surface area contributed by atoms with Crippen molar-refractivity contribution in [2.24, 2.45) is 0 Å². The Hall–Kier alpha value is -2.04. The third-order valence-corrected chi connectivity index (χ3v) is 4.07. The average molecular weight is 457 g/mol. The molecule has 0 radical (unpaired) electrons. The highest BCUT2D eigenvalue weighted by molar-refractivity contribution is 9.10. The molecule has 150 valence electrons. The molecule has 10 heteroatoms. The Labute approximate surface area is 170 Å². The number of nitrogens with one attached hydrogen (secondary N) is 1. The molecule has 1 unspecified atom stereocenters. The summed E-state index contributed by atoms with van der Waals surface area (Å²) in [6.07, 6.45) is -0.850. The lowest BCUT2D eigenvalue weighted by molar-refractivity contribution is 0.0503. The molecule has 28 heavy (non-hydrogen) atoms. The topological polar surface area (TPSA) is 91.7 Å². The van der Waals surface area contributed by atoms with Gasteiger partial charge in [0.25, 0.3) is 0 Å². The van der Waals surface area contributed by atoms with Gasteiger partial charge in [0.2, 0.25) is 0 Å². The molecule has 0 fully saturated rings. The van der Waals surface area contributed by atoms with Crippen LogP contribution in [0.15, 0.2) is 34.9 Å². The SMILES string of the molecule is CC(C)(C)OC(=O)NC(Cc1nc(Br)ccc1B(O)O)c1cc(F)cc(F)c1.